The zero-order valence-corrected chi connectivity index (χ0v) is 12.2. The van der Waals surface area contributed by atoms with E-state index in [9.17, 15) is 0 Å². The standard InChI is InChI=1S/C16H26N2O/c1-3-18(11-12-19-4-2)16-9-5-14(6-10-16)13-17-15-7-8-15/h5-6,9-10,15,17H,3-4,7-8,11-13H2,1-2H3. The Hall–Kier alpha value is -1.06. The van der Waals surface area contributed by atoms with Gasteiger partial charge in [0.15, 0.2) is 0 Å². The van der Waals surface area contributed by atoms with Crippen molar-refractivity contribution in [3.63, 3.8) is 0 Å². The number of nitrogens with zero attached hydrogens (tertiary/aromatic N) is 1. The van der Waals surface area contributed by atoms with Crippen LogP contribution < -0.4 is 10.2 Å². The maximum absolute atomic E-state index is 5.43. The first-order valence-electron chi connectivity index (χ1n) is 7.48. The van der Waals surface area contributed by atoms with Gasteiger partial charge < -0.3 is 15.0 Å². The highest BCUT2D eigenvalue weighted by Crippen LogP contribution is 2.20. The third-order valence-corrected chi connectivity index (χ3v) is 3.57. The van der Waals surface area contributed by atoms with E-state index in [1.54, 1.807) is 0 Å². The van der Waals surface area contributed by atoms with Crippen molar-refractivity contribution < 1.29 is 4.74 Å². The molecule has 0 amide bonds. The van der Waals surface area contributed by atoms with Crippen LogP contribution in [0.1, 0.15) is 32.3 Å². The molecule has 3 heteroatoms. The van der Waals surface area contributed by atoms with Gasteiger partial charge >= 0.3 is 0 Å². The average Bonchev–Trinajstić information content (AvgIpc) is 3.26. The lowest BCUT2D eigenvalue weighted by molar-refractivity contribution is 0.154. The molecule has 1 aliphatic carbocycles. The smallest absolute Gasteiger partial charge is 0.0641 e. The van der Waals surface area contributed by atoms with Gasteiger partial charge in [0.25, 0.3) is 0 Å². The minimum atomic E-state index is 0.776. The molecule has 0 atom stereocenters. The van der Waals surface area contributed by atoms with Gasteiger partial charge in [-0.3, -0.25) is 0 Å². The summed E-state index contributed by atoms with van der Waals surface area (Å²) >= 11 is 0. The first-order chi connectivity index (χ1) is 9.33. The molecule has 0 aliphatic heterocycles. The van der Waals surface area contributed by atoms with Crippen LogP contribution >= 0.6 is 0 Å². The van der Waals surface area contributed by atoms with Gasteiger partial charge in [0, 0.05) is 38.0 Å². The predicted octanol–water partition coefficient (Wildman–Crippen LogP) is 2.80. The van der Waals surface area contributed by atoms with Gasteiger partial charge in [0.2, 0.25) is 0 Å². The highest BCUT2D eigenvalue weighted by Gasteiger charge is 2.19. The number of hydrogen-bond donors (Lipinski definition) is 1. The first-order valence-corrected chi connectivity index (χ1v) is 7.48. The number of benzene rings is 1. The molecule has 1 fully saturated rings. The number of likely N-dealkylation sites (N-methyl/N-ethyl adjacent to an activating group) is 1. The lowest BCUT2D eigenvalue weighted by Crippen LogP contribution is -2.27. The van der Waals surface area contributed by atoms with Crippen LogP contribution in [0.5, 0.6) is 0 Å². The molecule has 0 spiro atoms. The summed E-state index contributed by atoms with van der Waals surface area (Å²) < 4.78 is 5.43. The number of ether oxygens (including phenoxy) is 1. The summed E-state index contributed by atoms with van der Waals surface area (Å²) in [5.74, 6) is 0. The van der Waals surface area contributed by atoms with Crippen LogP contribution in [0.4, 0.5) is 5.69 Å². The second-order valence-electron chi connectivity index (χ2n) is 5.10. The van der Waals surface area contributed by atoms with E-state index in [-0.39, 0.29) is 0 Å². The second-order valence-corrected chi connectivity index (χ2v) is 5.10. The van der Waals surface area contributed by atoms with E-state index in [0.29, 0.717) is 0 Å². The van der Waals surface area contributed by atoms with Crippen LogP contribution in [0.25, 0.3) is 0 Å². The van der Waals surface area contributed by atoms with Gasteiger partial charge in [-0.05, 0) is 44.4 Å². The molecule has 0 aromatic heterocycles. The van der Waals surface area contributed by atoms with Crippen molar-refractivity contribution >= 4 is 5.69 Å². The summed E-state index contributed by atoms with van der Waals surface area (Å²) in [6.45, 7) is 8.80. The maximum Gasteiger partial charge on any atom is 0.0641 e. The molecule has 0 bridgehead atoms. The van der Waals surface area contributed by atoms with E-state index in [4.69, 9.17) is 4.74 Å². The molecular weight excluding hydrogens is 236 g/mol. The Labute approximate surface area is 116 Å². The summed E-state index contributed by atoms with van der Waals surface area (Å²) in [7, 11) is 0. The van der Waals surface area contributed by atoms with E-state index in [2.05, 4.69) is 41.4 Å². The zero-order chi connectivity index (χ0) is 13.5. The van der Waals surface area contributed by atoms with Gasteiger partial charge in [-0.1, -0.05) is 12.1 Å². The summed E-state index contributed by atoms with van der Waals surface area (Å²) in [6, 6.07) is 9.68. The van der Waals surface area contributed by atoms with Crippen LogP contribution in [-0.2, 0) is 11.3 Å². The fourth-order valence-electron chi connectivity index (χ4n) is 2.16. The minimum Gasteiger partial charge on any atom is -0.380 e. The molecule has 1 N–H and O–H groups in total. The highest BCUT2D eigenvalue weighted by molar-refractivity contribution is 5.47. The predicted molar refractivity (Wildman–Crippen MR) is 80.7 cm³/mol. The molecule has 0 unspecified atom stereocenters. The van der Waals surface area contributed by atoms with E-state index in [1.807, 2.05) is 6.92 Å². The van der Waals surface area contributed by atoms with E-state index in [0.717, 1.165) is 38.9 Å². The number of nitrogens with one attached hydrogen (secondary N) is 1. The van der Waals surface area contributed by atoms with Crippen molar-refractivity contribution in [3.8, 4) is 0 Å². The maximum atomic E-state index is 5.43. The minimum absolute atomic E-state index is 0.776. The summed E-state index contributed by atoms with van der Waals surface area (Å²) in [4.78, 5) is 2.35. The topological polar surface area (TPSA) is 24.5 Å². The summed E-state index contributed by atoms with van der Waals surface area (Å²) in [5, 5.41) is 3.54. The Morgan fingerprint density at radius 1 is 1.21 bits per heavy atom. The molecule has 1 aliphatic rings. The molecule has 2 rings (SSSR count). The van der Waals surface area contributed by atoms with Crippen LogP contribution in [0.15, 0.2) is 24.3 Å². The average molecular weight is 262 g/mol. The first kappa shape index (κ1) is 14.4. The van der Waals surface area contributed by atoms with Crippen molar-refractivity contribution in [1.29, 1.82) is 0 Å². The highest BCUT2D eigenvalue weighted by atomic mass is 16.5. The number of anilines is 1. The van der Waals surface area contributed by atoms with E-state index in [1.165, 1.54) is 24.1 Å². The second kappa shape index (κ2) is 7.51. The van der Waals surface area contributed by atoms with Crippen molar-refractivity contribution in [2.24, 2.45) is 0 Å². The Balaban J connectivity index is 1.83. The Morgan fingerprint density at radius 2 is 1.95 bits per heavy atom. The van der Waals surface area contributed by atoms with Crippen LogP contribution in [-0.4, -0.2) is 32.3 Å². The van der Waals surface area contributed by atoms with Crippen molar-refractivity contribution in [1.82, 2.24) is 5.32 Å². The number of hydrogen-bond acceptors (Lipinski definition) is 3. The van der Waals surface area contributed by atoms with E-state index >= 15 is 0 Å². The molecule has 1 aromatic rings. The fraction of sp³-hybridized carbons (Fsp3) is 0.625. The third kappa shape index (κ3) is 4.84. The molecular formula is C16H26N2O. The Kier molecular flexibility index (Phi) is 5.67. The lowest BCUT2D eigenvalue weighted by atomic mass is 10.2. The fourth-order valence-corrected chi connectivity index (χ4v) is 2.16. The van der Waals surface area contributed by atoms with Crippen molar-refractivity contribution in [3.05, 3.63) is 29.8 Å². The van der Waals surface area contributed by atoms with Gasteiger partial charge in [-0.25, -0.2) is 0 Å². The van der Waals surface area contributed by atoms with Crippen LogP contribution in [0, 0.1) is 0 Å². The van der Waals surface area contributed by atoms with Crippen LogP contribution in [0.3, 0.4) is 0 Å². The lowest BCUT2D eigenvalue weighted by Gasteiger charge is -2.23. The van der Waals surface area contributed by atoms with Crippen molar-refractivity contribution in [2.45, 2.75) is 39.3 Å². The summed E-state index contributed by atoms with van der Waals surface area (Å²) in [5.41, 5.74) is 2.66. The summed E-state index contributed by atoms with van der Waals surface area (Å²) in [6.07, 6.45) is 2.69. The van der Waals surface area contributed by atoms with Crippen LogP contribution in [0.2, 0.25) is 0 Å². The molecule has 106 valence electrons. The van der Waals surface area contributed by atoms with E-state index < -0.39 is 0 Å². The molecule has 0 saturated heterocycles. The number of rotatable bonds is 9. The van der Waals surface area contributed by atoms with Gasteiger partial charge in [0.05, 0.1) is 6.61 Å². The molecule has 3 nitrogen and oxygen atoms in total. The molecule has 1 saturated carbocycles. The molecule has 0 radical (unpaired) electrons. The molecule has 1 aromatic carbocycles. The SMILES string of the molecule is CCOCCN(CC)c1ccc(CNC2CC2)cc1. The monoisotopic (exact) mass is 262 g/mol. The largest absolute Gasteiger partial charge is 0.380 e. The molecule has 0 heterocycles. The normalized spacial score (nSPS) is 14.6. The van der Waals surface area contributed by atoms with Gasteiger partial charge in [0.1, 0.15) is 0 Å². The quantitative estimate of drug-likeness (QED) is 0.693. The van der Waals surface area contributed by atoms with Gasteiger partial charge in [-0.15, -0.1) is 0 Å². The van der Waals surface area contributed by atoms with Gasteiger partial charge in [-0.2, -0.15) is 0 Å². The zero-order valence-electron chi connectivity index (χ0n) is 12.2. The molecule has 19 heavy (non-hydrogen) atoms. The third-order valence-electron chi connectivity index (χ3n) is 3.57. The Bertz CT molecular complexity index is 360. The van der Waals surface area contributed by atoms with Crippen molar-refractivity contribution in [2.75, 3.05) is 31.2 Å². The Morgan fingerprint density at radius 3 is 2.53 bits per heavy atom.